The van der Waals surface area contributed by atoms with Gasteiger partial charge in [-0.3, -0.25) is 19.7 Å². The van der Waals surface area contributed by atoms with Crippen molar-refractivity contribution in [2.24, 2.45) is 0 Å². The summed E-state index contributed by atoms with van der Waals surface area (Å²) in [5.41, 5.74) is 0.990. The Bertz CT molecular complexity index is 607. The predicted molar refractivity (Wildman–Crippen MR) is 74.7 cm³/mol. The van der Waals surface area contributed by atoms with Gasteiger partial charge in [0.25, 0.3) is 0 Å². The zero-order valence-electron chi connectivity index (χ0n) is 12.0. The van der Waals surface area contributed by atoms with Gasteiger partial charge in [0.1, 0.15) is 18.2 Å². The molecule has 0 saturated carbocycles. The Morgan fingerprint density at radius 2 is 2.38 bits per heavy atom. The number of nitrogens with zero attached hydrogens (tertiary/aromatic N) is 4. The molecule has 1 unspecified atom stereocenters. The van der Waals surface area contributed by atoms with E-state index in [0.717, 1.165) is 11.3 Å². The maximum absolute atomic E-state index is 10.6. The summed E-state index contributed by atoms with van der Waals surface area (Å²) in [5, 5.41) is 24.4. The van der Waals surface area contributed by atoms with E-state index in [4.69, 9.17) is 4.42 Å². The molecule has 0 saturated heterocycles. The average molecular weight is 294 g/mol. The Labute approximate surface area is 121 Å². The molecule has 2 heterocycles. The second-order valence-electron chi connectivity index (χ2n) is 5.03. The molecule has 0 aromatic carbocycles. The van der Waals surface area contributed by atoms with Crippen molar-refractivity contribution in [2.75, 3.05) is 13.6 Å². The van der Waals surface area contributed by atoms with E-state index in [9.17, 15) is 15.2 Å². The van der Waals surface area contributed by atoms with Gasteiger partial charge in [-0.25, -0.2) is 0 Å². The summed E-state index contributed by atoms with van der Waals surface area (Å²) in [5.74, 6) is 0.860. The quantitative estimate of drug-likeness (QED) is 0.608. The Morgan fingerprint density at radius 3 is 2.95 bits per heavy atom. The molecular formula is C13H18N4O4. The number of aromatic nitrogens is 2. The molecule has 0 fully saturated rings. The van der Waals surface area contributed by atoms with E-state index in [1.807, 2.05) is 24.9 Å². The fraction of sp³-hybridized carbons (Fsp3) is 0.462. The number of rotatable bonds is 7. The number of likely N-dealkylation sites (N-methyl/N-ethyl adjacent to an activating group) is 1. The maximum atomic E-state index is 10.6. The number of aliphatic hydroxyl groups excluding tert-OH is 1. The summed E-state index contributed by atoms with van der Waals surface area (Å²) in [6.45, 7) is 3.20. The van der Waals surface area contributed by atoms with E-state index >= 15 is 0 Å². The van der Waals surface area contributed by atoms with Crippen molar-refractivity contribution in [1.29, 1.82) is 0 Å². The molecule has 8 nitrogen and oxygen atoms in total. The summed E-state index contributed by atoms with van der Waals surface area (Å²) < 4.78 is 6.60. The minimum absolute atomic E-state index is 0.0791. The average Bonchev–Trinajstić information content (AvgIpc) is 2.99. The van der Waals surface area contributed by atoms with Crippen LogP contribution < -0.4 is 0 Å². The molecule has 2 rings (SSSR count). The van der Waals surface area contributed by atoms with Crippen molar-refractivity contribution < 1.29 is 14.4 Å². The van der Waals surface area contributed by atoms with Crippen LogP contribution in [-0.2, 0) is 13.1 Å². The second kappa shape index (κ2) is 6.51. The number of aliphatic hydroxyl groups is 1. The number of furan rings is 1. The lowest BCUT2D eigenvalue weighted by Crippen LogP contribution is -2.31. The minimum Gasteiger partial charge on any atom is -0.469 e. The predicted octanol–water partition coefficient (Wildman–Crippen LogP) is 1.19. The van der Waals surface area contributed by atoms with Crippen LogP contribution in [0.15, 0.2) is 29.1 Å². The first-order valence-corrected chi connectivity index (χ1v) is 6.52. The first-order chi connectivity index (χ1) is 9.95. The molecule has 0 bridgehead atoms. The van der Waals surface area contributed by atoms with Crippen molar-refractivity contribution in [3.63, 3.8) is 0 Å². The lowest BCUT2D eigenvalue weighted by Gasteiger charge is -2.20. The summed E-state index contributed by atoms with van der Waals surface area (Å²) in [7, 11) is 1.89. The zero-order chi connectivity index (χ0) is 15.4. The van der Waals surface area contributed by atoms with Crippen molar-refractivity contribution in [3.8, 4) is 0 Å². The third-order valence-electron chi connectivity index (χ3n) is 3.16. The molecule has 0 aliphatic heterocycles. The van der Waals surface area contributed by atoms with Crippen molar-refractivity contribution in [1.82, 2.24) is 14.7 Å². The van der Waals surface area contributed by atoms with Crippen LogP contribution in [0.1, 0.15) is 11.3 Å². The van der Waals surface area contributed by atoms with E-state index in [-0.39, 0.29) is 12.2 Å². The molecule has 2 aromatic heterocycles. The van der Waals surface area contributed by atoms with Crippen molar-refractivity contribution in [2.45, 2.75) is 26.1 Å². The molecule has 0 spiro atoms. The lowest BCUT2D eigenvalue weighted by molar-refractivity contribution is -0.385. The van der Waals surface area contributed by atoms with Crippen LogP contribution in [0.2, 0.25) is 0 Å². The van der Waals surface area contributed by atoms with Crippen LogP contribution in [-0.4, -0.2) is 44.4 Å². The smallest absolute Gasteiger partial charge is 0.306 e. The van der Waals surface area contributed by atoms with Crippen molar-refractivity contribution in [3.05, 3.63) is 46.2 Å². The number of hydrogen-bond donors (Lipinski definition) is 1. The molecule has 0 aliphatic rings. The Morgan fingerprint density at radius 1 is 1.62 bits per heavy atom. The monoisotopic (exact) mass is 294 g/mol. The minimum atomic E-state index is -0.665. The lowest BCUT2D eigenvalue weighted by atomic mass is 10.2. The van der Waals surface area contributed by atoms with E-state index < -0.39 is 11.0 Å². The molecule has 1 N–H and O–H groups in total. The molecule has 21 heavy (non-hydrogen) atoms. The summed E-state index contributed by atoms with van der Waals surface area (Å²) in [6, 6.07) is 1.90. The van der Waals surface area contributed by atoms with E-state index in [0.29, 0.717) is 13.1 Å². The molecule has 1 atom stereocenters. The van der Waals surface area contributed by atoms with Crippen LogP contribution in [0, 0.1) is 17.0 Å². The largest absolute Gasteiger partial charge is 0.469 e. The Kier molecular flexibility index (Phi) is 4.71. The van der Waals surface area contributed by atoms with Gasteiger partial charge in [-0.05, 0) is 20.0 Å². The first-order valence-electron chi connectivity index (χ1n) is 6.52. The van der Waals surface area contributed by atoms with Gasteiger partial charge in [0.05, 0.1) is 23.8 Å². The zero-order valence-corrected chi connectivity index (χ0v) is 12.0. The van der Waals surface area contributed by atoms with E-state index in [1.54, 1.807) is 6.26 Å². The van der Waals surface area contributed by atoms with Gasteiger partial charge in [-0.2, -0.15) is 5.10 Å². The van der Waals surface area contributed by atoms with Crippen LogP contribution in [0.3, 0.4) is 0 Å². The second-order valence-corrected chi connectivity index (χ2v) is 5.03. The van der Waals surface area contributed by atoms with Crippen LogP contribution in [0.5, 0.6) is 0 Å². The summed E-state index contributed by atoms with van der Waals surface area (Å²) >= 11 is 0. The maximum Gasteiger partial charge on any atom is 0.306 e. The molecule has 114 valence electrons. The highest BCUT2D eigenvalue weighted by atomic mass is 16.6. The third kappa shape index (κ3) is 4.14. The fourth-order valence-electron chi connectivity index (χ4n) is 2.11. The molecule has 0 amide bonds. The Balaban J connectivity index is 1.84. The summed E-state index contributed by atoms with van der Waals surface area (Å²) in [4.78, 5) is 12.0. The number of aryl methyl sites for hydroxylation is 1. The fourth-order valence-corrected chi connectivity index (χ4v) is 2.11. The van der Waals surface area contributed by atoms with Gasteiger partial charge in [-0.15, -0.1) is 0 Å². The summed E-state index contributed by atoms with van der Waals surface area (Å²) in [6.07, 6.45) is 3.45. The van der Waals surface area contributed by atoms with Gasteiger partial charge in [0.15, 0.2) is 0 Å². The highest BCUT2D eigenvalue weighted by molar-refractivity contribution is 5.20. The highest BCUT2D eigenvalue weighted by Gasteiger charge is 2.14. The van der Waals surface area contributed by atoms with E-state index in [2.05, 4.69) is 5.10 Å². The van der Waals surface area contributed by atoms with Gasteiger partial charge in [0.2, 0.25) is 0 Å². The third-order valence-corrected chi connectivity index (χ3v) is 3.16. The first kappa shape index (κ1) is 15.2. The standard InChI is InChI=1S/C13H18N4O4/c1-10-11(3-4-21-10)6-15(2)8-13(18)9-16-7-12(5-14-16)17(19)20/h3-5,7,13,18H,6,8-9H2,1-2H3. The highest BCUT2D eigenvalue weighted by Crippen LogP contribution is 2.12. The van der Waals surface area contributed by atoms with Gasteiger partial charge >= 0.3 is 5.69 Å². The van der Waals surface area contributed by atoms with Gasteiger partial charge in [-0.1, -0.05) is 0 Å². The Hall–Kier alpha value is -2.19. The van der Waals surface area contributed by atoms with Crippen LogP contribution >= 0.6 is 0 Å². The molecule has 0 radical (unpaired) electrons. The number of hydrogen-bond acceptors (Lipinski definition) is 6. The van der Waals surface area contributed by atoms with E-state index in [1.165, 1.54) is 17.1 Å². The molecule has 2 aromatic rings. The number of nitro groups is 1. The van der Waals surface area contributed by atoms with Crippen LogP contribution in [0.4, 0.5) is 5.69 Å². The van der Waals surface area contributed by atoms with Gasteiger partial charge < -0.3 is 9.52 Å². The van der Waals surface area contributed by atoms with Crippen molar-refractivity contribution >= 4 is 5.69 Å². The molecule has 0 aliphatic carbocycles. The topological polar surface area (TPSA) is 97.6 Å². The SMILES string of the molecule is Cc1occc1CN(C)CC(O)Cn1cc([N+](=O)[O-])cn1. The van der Waals surface area contributed by atoms with Gasteiger partial charge in [0, 0.05) is 18.7 Å². The molecular weight excluding hydrogens is 276 g/mol. The normalized spacial score (nSPS) is 12.8. The molecule has 8 heteroatoms. The van der Waals surface area contributed by atoms with Crippen LogP contribution in [0.25, 0.3) is 0 Å².